The lowest BCUT2D eigenvalue weighted by Crippen LogP contribution is -2.61. The van der Waals surface area contributed by atoms with Gasteiger partial charge in [0.2, 0.25) is 41.4 Å². The van der Waals surface area contributed by atoms with Crippen LogP contribution >= 0.6 is 0 Å². The molecule has 2 saturated heterocycles. The number of likely N-dealkylation sites (tertiary alicyclic amines) is 1. The summed E-state index contributed by atoms with van der Waals surface area (Å²) in [6.45, 7) is 4.72. The number of aliphatic hydroxyl groups is 2. The Morgan fingerprint density at radius 2 is 1.56 bits per heavy atom. The van der Waals surface area contributed by atoms with E-state index in [1.807, 2.05) is 13.8 Å². The van der Waals surface area contributed by atoms with Gasteiger partial charge in [0.15, 0.2) is 0 Å². The van der Waals surface area contributed by atoms with E-state index in [2.05, 4.69) is 41.9 Å². The van der Waals surface area contributed by atoms with Crippen molar-refractivity contribution < 1.29 is 53.7 Å². The van der Waals surface area contributed by atoms with Gasteiger partial charge in [0, 0.05) is 31.3 Å². The van der Waals surface area contributed by atoms with Crippen LogP contribution < -0.4 is 37.6 Å². The third-order valence-electron chi connectivity index (χ3n) is 9.32. The molecule has 1 aromatic rings. The zero-order chi connectivity index (χ0) is 40.8. The normalized spacial score (nSPS) is 20.0. The first-order valence-corrected chi connectivity index (χ1v) is 18.3. The summed E-state index contributed by atoms with van der Waals surface area (Å²) >= 11 is 0. The van der Waals surface area contributed by atoms with Crippen LogP contribution in [-0.4, -0.2) is 146 Å². The molecular weight excluding hydrogens is 724 g/mol. The van der Waals surface area contributed by atoms with Gasteiger partial charge in [-0.3, -0.25) is 33.6 Å². The molecule has 0 unspecified atom stereocenters. The van der Waals surface area contributed by atoms with Crippen molar-refractivity contribution in [1.29, 1.82) is 0 Å². The molecule has 0 saturated carbocycles. The van der Waals surface area contributed by atoms with Gasteiger partial charge in [0.25, 0.3) is 0 Å². The fourth-order valence-electron chi connectivity index (χ4n) is 6.40. The number of amides is 7. The Kier molecular flexibility index (Phi) is 17.0. The number of aliphatic carboxylic acids is 1. The molecular formula is C34H54N10O11. The molecule has 0 aliphatic carbocycles. The molecule has 0 bridgehead atoms. The number of imidazole rings is 1. The second kappa shape index (κ2) is 21.1. The van der Waals surface area contributed by atoms with Gasteiger partial charge in [-0.15, -0.1) is 0 Å². The summed E-state index contributed by atoms with van der Waals surface area (Å²) in [5, 5.41) is 45.4. The number of carbonyl (C=O) groups is 8. The number of carboxylic acids is 1. The first-order chi connectivity index (χ1) is 26.0. The lowest BCUT2D eigenvalue weighted by Gasteiger charge is -2.31. The van der Waals surface area contributed by atoms with Gasteiger partial charge in [0.05, 0.1) is 25.1 Å². The van der Waals surface area contributed by atoms with E-state index in [9.17, 15) is 53.7 Å². The van der Waals surface area contributed by atoms with Gasteiger partial charge >= 0.3 is 5.97 Å². The number of aliphatic hydroxyl groups excluding tert-OH is 2. The molecule has 2 aliphatic heterocycles. The minimum atomic E-state index is -1.60. The number of carbonyl (C=O) groups excluding carboxylic acids is 7. The molecule has 0 radical (unpaired) electrons. The summed E-state index contributed by atoms with van der Waals surface area (Å²) < 4.78 is 0. The summed E-state index contributed by atoms with van der Waals surface area (Å²) in [6, 6.07) is -8.78. The van der Waals surface area contributed by atoms with Gasteiger partial charge in [-0.1, -0.05) is 13.8 Å². The third-order valence-corrected chi connectivity index (χ3v) is 9.32. The number of aromatic nitrogens is 2. The topological polar surface area (TPSA) is 327 Å². The average Bonchev–Trinajstić information content (AvgIpc) is 3.93. The van der Waals surface area contributed by atoms with Crippen molar-refractivity contribution in [2.75, 3.05) is 19.7 Å². The Morgan fingerprint density at radius 3 is 2.13 bits per heavy atom. The maximum absolute atomic E-state index is 13.9. The van der Waals surface area contributed by atoms with E-state index in [0.717, 1.165) is 11.3 Å². The second-order valence-electron chi connectivity index (χ2n) is 14.2. The van der Waals surface area contributed by atoms with E-state index in [0.29, 0.717) is 25.1 Å². The molecule has 306 valence electrons. The predicted octanol–water partition coefficient (Wildman–Crippen LogP) is -4.11. The van der Waals surface area contributed by atoms with Crippen LogP contribution in [0, 0.1) is 5.92 Å². The average molecular weight is 779 g/mol. The van der Waals surface area contributed by atoms with Crippen molar-refractivity contribution in [2.45, 2.75) is 121 Å². The number of nitrogens with one attached hydrogen (secondary N) is 7. The number of H-pyrrole nitrogens is 1. The van der Waals surface area contributed by atoms with Crippen molar-refractivity contribution >= 4 is 47.3 Å². The van der Waals surface area contributed by atoms with Crippen LogP contribution in [0.1, 0.15) is 71.4 Å². The summed E-state index contributed by atoms with van der Waals surface area (Å²) in [5.74, 6) is -6.96. The first-order valence-electron chi connectivity index (χ1n) is 18.3. The highest BCUT2D eigenvalue weighted by molar-refractivity contribution is 5.97. The van der Waals surface area contributed by atoms with Crippen LogP contribution in [0.3, 0.4) is 0 Å². The molecule has 21 nitrogen and oxygen atoms in total. The smallest absolute Gasteiger partial charge is 0.326 e. The SMILES string of the molecule is CC(C)C[C@H](NC(=O)[C@@H]1CCCN1)C(=O)N[C@H](C(=O)N[C@@H](CCC(N)=O)C(=O)N1CCC[C@H]1C(=O)N[C@@H](CO)C(=O)N[C@@H](Cc1cnc[nH]1)C(=O)O)[C@@H](C)O. The van der Waals surface area contributed by atoms with Crippen molar-refractivity contribution in [3.05, 3.63) is 18.2 Å². The van der Waals surface area contributed by atoms with Crippen LogP contribution in [0.25, 0.3) is 0 Å². The number of aromatic amines is 1. The van der Waals surface area contributed by atoms with Crippen LogP contribution in [0.4, 0.5) is 0 Å². The first kappa shape index (κ1) is 44.2. The van der Waals surface area contributed by atoms with Gasteiger partial charge in [-0.05, 0) is 57.9 Å². The summed E-state index contributed by atoms with van der Waals surface area (Å²) in [4.78, 5) is 111. The molecule has 3 heterocycles. The van der Waals surface area contributed by atoms with Crippen LogP contribution in [-0.2, 0) is 44.8 Å². The number of nitrogens with zero attached hydrogens (tertiary/aromatic N) is 2. The number of rotatable bonds is 21. The second-order valence-corrected chi connectivity index (χ2v) is 14.2. The van der Waals surface area contributed by atoms with E-state index in [1.165, 1.54) is 19.4 Å². The standard InChI is InChI=1S/C34H54N10O11/c1-17(2)12-22(40-28(48)20-6-4-10-37-20)29(49)43-27(18(3)46)32(52)39-21(8-9-26(35)47)33(53)44-11-5-7-25(44)31(51)42-24(15-45)30(50)41-23(34(54)55)13-19-14-36-16-38-19/h14,16-18,20-25,27,37,45-46H,4-13,15H2,1-3H3,(H2,35,47)(H,36,38)(H,39,52)(H,40,48)(H,41,50)(H,42,51)(H,43,49)(H,54,55)/t18-,20+,21+,22+,23+,24+,25+,27+/m1/s1. The zero-order valence-corrected chi connectivity index (χ0v) is 31.2. The number of carboxylic acid groups (broad SMARTS) is 1. The molecule has 21 heteroatoms. The summed E-state index contributed by atoms with van der Waals surface area (Å²) in [6.07, 6.45) is 2.46. The predicted molar refractivity (Wildman–Crippen MR) is 192 cm³/mol. The Bertz CT molecular complexity index is 1520. The third kappa shape index (κ3) is 13.3. The number of hydrogen-bond acceptors (Lipinski definition) is 12. The van der Waals surface area contributed by atoms with E-state index < -0.39 is 96.4 Å². The monoisotopic (exact) mass is 778 g/mol. The summed E-state index contributed by atoms with van der Waals surface area (Å²) in [5.41, 5.74) is 5.75. The number of hydrogen-bond donors (Lipinski definition) is 11. The van der Waals surface area contributed by atoms with Crippen LogP contribution in [0.5, 0.6) is 0 Å². The molecule has 1 aromatic heterocycles. The minimum absolute atomic E-state index is 0.0319. The Labute approximate surface area is 317 Å². The molecule has 8 atom stereocenters. The zero-order valence-electron chi connectivity index (χ0n) is 31.2. The molecule has 55 heavy (non-hydrogen) atoms. The van der Waals surface area contributed by atoms with E-state index in [-0.39, 0.29) is 50.5 Å². The molecule has 3 rings (SSSR count). The van der Waals surface area contributed by atoms with Crippen LogP contribution in [0.2, 0.25) is 0 Å². The number of primary amides is 1. The molecule has 7 amide bonds. The van der Waals surface area contributed by atoms with Gasteiger partial charge in [-0.25, -0.2) is 9.78 Å². The quantitative estimate of drug-likeness (QED) is 0.0566. The fourth-order valence-corrected chi connectivity index (χ4v) is 6.40. The van der Waals surface area contributed by atoms with E-state index in [4.69, 9.17) is 5.73 Å². The Morgan fingerprint density at radius 1 is 0.891 bits per heavy atom. The number of nitrogens with two attached hydrogens (primary N) is 1. The van der Waals surface area contributed by atoms with Crippen molar-refractivity contribution in [2.24, 2.45) is 11.7 Å². The maximum atomic E-state index is 13.9. The molecule has 2 fully saturated rings. The highest BCUT2D eigenvalue weighted by Gasteiger charge is 2.40. The Hall–Kier alpha value is -5.15. The van der Waals surface area contributed by atoms with Crippen molar-refractivity contribution in [3.63, 3.8) is 0 Å². The summed E-state index contributed by atoms with van der Waals surface area (Å²) in [7, 11) is 0. The molecule has 2 aliphatic rings. The lowest BCUT2D eigenvalue weighted by atomic mass is 10.0. The highest BCUT2D eigenvalue weighted by Crippen LogP contribution is 2.20. The van der Waals surface area contributed by atoms with E-state index >= 15 is 0 Å². The van der Waals surface area contributed by atoms with Crippen LogP contribution in [0.15, 0.2) is 12.5 Å². The minimum Gasteiger partial charge on any atom is -0.480 e. The lowest BCUT2D eigenvalue weighted by molar-refractivity contribution is -0.144. The van der Waals surface area contributed by atoms with Crippen molar-refractivity contribution in [3.8, 4) is 0 Å². The maximum Gasteiger partial charge on any atom is 0.326 e. The van der Waals surface area contributed by atoms with E-state index in [1.54, 1.807) is 0 Å². The molecule has 12 N–H and O–H groups in total. The molecule has 0 aromatic carbocycles. The Balaban J connectivity index is 1.72. The molecule has 0 spiro atoms. The van der Waals surface area contributed by atoms with Gasteiger partial charge in [0.1, 0.15) is 36.3 Å². The highest BCUT2D eigenvalue weighted by atomic mass is 16.4. The van der Waals surface area contributed by atoms with Gasteiger partial charge < -0.3 is 62.8 Å². The fraction of sp³-hybridized carbons (Fsp3) is 0.676. The largest absolute Gasteiger partial charge is 0.480 e. The van der Waals surface area contributed by atoms with Gasteiger partial charge in [-0.2, -0.15) is 0 Å². The van der Waals surface area contributed by atoms with Crippen molar-refractivity contribution in [1.82, 2.24) is 46.8 Å².